The van der Waals surface area contributed by atoms with E-state index in [9.17, 15) is 0 Å². The van der Waals surface area contributed by atoms with Crippen molar-refractivity contribution >= 4 is 11.6 Å². The molecule has 0 bridgehead atoms. The molecule has 0 unspecified atom stereocenters. The molecule has 1 aromatic heterocycles. The van der Waals surface area contributed by atoms with Crippen molar-refractivity contribution in [3.63, 3.8) is 0 Å². The molecule has 3 nitrogen and oxygen atoms in total. The maximum atomic E-state index is 5.75. The third-order valence-electron chi connectivity index (χ3n) is 1.76. The van der Waals surface area contributed by atoms with Gasteiger partial charge in [-0.2, -0.15) is 0 Å². The Kier molecular flexibility index (Phi) is 2.70. The van der Waals surface area contributed by atoms with Crippen LogP contribution in [0.4, 0.5) is 0 Å². The number of hydrogen-bond donors (Lipinski definition) is 0. The molecule has 0 aliphatic heterocycles. The van der Waals surface area contributed by atoms with Crippen LogP contribution in [-0.2, 0) is 6.61 Å². The highest BCUT2D eigenvalue weighted by atomic mass is 35.5. The van der Waals surface area contributed by atoms with Gasteiger partial charge in [0, 0.05) is 5.02 Å². The van der Waals surface area contributed by atoms with Crippen molar-refractivity contribution in [3.05, 3.63) is 53.3 Å². The monoisotopic (exact) mass is 208 g/mol. The predicted octanol–water partition coefficient (Wildman–Crippen LogP) is 2.17. The highest BCUT2D eigenvalue weighted by molar-refractivity contribution is 6.30. The van der Waals surface area contributed by atoms with Crippen LogP contribution in [0.15, 0.2) is 42.7 Å². The van der Waals surface area contributed by atoms with E-state index in [-0.39, 0.29) is 0 Å². The van der Waals surface area contributed by atoms with E-state index in [0.29, 0.717) is 6.61 Å². The Bertz CT molecular complexity index is 383. The number of benzene rings is 1. The molecule has 14 heavy (non-hydrogen) atoms. The quantitative estimate of drug-likeness (QED) is 0.773. The van der Waals surface area contributed by atoms with Gasteiger partial charge in [0.15, 0.2) is 0 Å². The van der Waals surface area contributed by atoms with E-state index in [2.05, 4.69) is 5.10 Å². The summed E-state index contributed by atoms with van der Waals surface area (Å²) in [5, 5.41) is 4.65. The molecule has 0 saturated carbocycles. The van der Waals surface area contributed by atoms with Crippen LogP contribution in [0.3, 0.4) is 0 Å². The van der Waals surface area contributed by atoms with Crippen molar-refractivity contribution in [2.45, 2.75) is 6.61 Å². The van der Waals surface area contributed by atoms with Gasteiger partial charge in [-0.15, -0.1) is 9.94 Å². The van der Waals surface area contributed by atoms with Crippen LogP contribution >= 0.6 is 11.6 Å². The first-order chi connectivity index (χ1) is 6.84. The lowest BCUT2D eigenvalue weighted by molar-refractivity contribution is 0.0700. The molecular weight excluding hydrogens is 200 g/mol. The van der Waals surface area contributed by atoms with Crippen molar-refractivity contribution in [2.75, 3.05) is 0 Å². The first kappa shape index (κ1) is 9.09. The van der Waals surface area contributed by atoms with Gasteiger partial charge in [0.1, 0.15) is 6.61 Å². The zero-order valence-corrected chi connectivity index (χ0v) is 8.19. The standard InChI is InChI=1S/C10H9ClN2O/c11-10-4-2-9(3-5-10)8-14-13-7-1-6-12-13/h1-7H,8H2. The third-order valence-corrected chi connectivity index (χ3v) is 2.01. The Balaban J connectivity index is 1.95. The van der Waals surface area contributed by atoms with Crippen LogP contribution in [0.2, 0.25) is 5.02 Å². The molecule has 2 rings (SSSR count). The largest absolute Gasteiger partial charge is 0.392 e. The van der Waals surface area contributed by atoms with E-state index in [1.54, 1.807) is 12.4 Å². The number of rotatable bonds is 3. The minimum Gasteiger partial charge on any atom is -0.392 e. The average molecular weight is 209 g/mol. The molecule has 0 saturated heterocycles. The lowest BCUT2D eigenvalue weighted by Crippen LogP contribution is -2.11. The van der Waals surface area contributed by atoms with Crippen LogP contribution in [0, 0.1) is 0 Å². The van der Waals surface area contributed by atoms with Crippen LogP contribution in [0.1, 0.15) is 5.56 Å². The fourth-order valence-electron chi connectivity index (χ4n) is 1.05. The Hall–Kier alpha value is -1.48. The molecule has 72 valence electrons. The average Bonchev–Trinajstić information content (AvgIpc) is 2.70. The minimum absolute atomic E-state index is 0.485. The lowest BCUT2D eigenvalue weighted by atomic mass is 10.2. The van der Waals surface area contributed by atoms with Crippen molar-refractivity contribution < 1.29 is 4.84 Å². The lowest BCUT2D eigenvalue weighted by Gasteiger charge is -2.04. The molecule has 0 fully saturated rings. The van der Waals surface area contributed by atoms with Gasteiger partial charge in [-0.3, -0.25) is 0 Å². The molecule has 0 spiro atoms. The Labute approximate surface area is 86.8 Å². The summed E-state index contributed by atoms with van der Waals surface area (Å²) in [7, 11) is 0. The maximum Gasteiger partial charge on any atom is 0.142 e. The van der Waals surface area contributed by atoms with Crippen LogP contribution in [0.5, 0.6) is 0 Å². The zero-order valence-electron chi connectivity index (χ0n) is 7.43. The van der Waals surface area contributed by atoms with Crippen molar-refractivity contribution in [3.8, 4) is 0 Å². The number of halogens is 1. The van der Waals surface area contributed by atoms with Crippen LogP contribution in [-0.4, -0.2) is 9.94 Å². The summed E-state index contributed by atoms with van der Waals surface area (Å²) in [4.78, 5) is 6.76. The smallest absolute Gasteiger partial charge is 0.142 e. The summed E-state index contributed by atoms with van der Waals surface area (Å²) in [6, 6.07) is 9.33. The first-order valence-electron chi connectivity index (χ1n) is 4.22. The van der Waals surface area contributed by atoms with Crippen molar-refractivity contribution in [2.24, 2.45) is 0 Å². The number of aromatic nitrogens is 2. The topological polar surface area (TPSA) is 27.1 Å². The number of nitrogens with zero attached hydrogens (tertiary/aromatic N) is 2. The van der Waals surface area contributed by atoms with Gasteiger partial charge in [0.05, 0.1) is 12.4 Å². The van der Waals surface area contributed by atoms with E-state index in [0.717, 1.165) is 10.6 Å². The zero-order chi connectivity index (χ0) is 9.80. The molecule has 0 amide bonds. The molecule has 0 aliphatic carbocycles. The second-order valence-electron chi connectivity index (χ2n) is 2.81. The summed E-state index contributed by atoms with van der Waals surface area (Å²) in [6.45, 7) is 0.485. The SMILES string of the molecule is Clc1ccc(COn2cccn2)cc1. The van der Waals surface area contributed by atoms with Crippen molar-refractivity contribution in [1.29, 1.82) is 0 Å². The van der Waals surface area contributed by atoms with Gasteiger partial charge in [0.2, 0.25) is 0 Å². The van der Waals surface area contributed by atoms with Crippen LogP contribution in [0.25, 0.3) is 0 Å². The maximum absolute atomic E-state index is 5.75. The van der Waals surface area contributed by atoms with Gasteiger partial charge in [-0.05, 0) is 23.8 Å². The molecule has 2 aromatic rings. The molecule has 1 heterocycles. The van der Waals surface area contributed by atoms with Gasteiger partial charge in [0.25, 0.3) is 0 Å². The molecule has 0 radical (unpaired) electrons. The van der Waals surface area contributed by atoms with Gasteiger partial charge < -0.3 is 4.84 Å². The molecule has 0 aliphatic rings. The highest BCUT2D eigenvalue weighted by Crippen LogP contribution is 2.09. The second kappa shape index (κ2) is 4.15. The summed E-state index contributed by atoms with van der Waals surface area (Å²) < 4.78 is 0. The highest BCUT2D eigenvalue weighted by Gasteiger charge is 1.94. The summed E-state index contributed by atoms with van der Waals surface area (Å²) in [6.07, 6.45) is 3.41. The van der Waals surface area contributed by atoms with E-state index in [1.165, 1.54) is 4.85 Å². The Morgan fingerprint density at radius 2 is 2.07 bits per heavy atom. The Morgan fingerprint density at radius 3 is 2.71 bits per heavy atom. The fourth-order valence-corrected chi connectivity index (χ4v) is 1.18. The van der Waals surface area contributed by atoms with Gasteiger partial charge in [-0.25, -0.2) is 0 Å². The van der Waals surface area contributed by atoms with E-state index < -0.39 is 0 Å². The molecule has 4 heteroatoms. The Morgan fingerprint density at radius 1 is 1.29 bits per heavy atom. The third kappa shape index (κ3) is 2.26. The van der Waals surface area contributed by atoms with Crippen LogP contribution < -0.4 is 4.84 Å². The molecular formula is C10H9ClN2O. The second-order valence-corrected chi connectivity index (χ2v) is 3.24. The van der Waals surface area contributed by atoms with Gasteiger partial charge >= 0.3 is 0 Å². The molecule has 1 aromatic carbocycles. The number of hydrogen-bond acceptors (Lipinski definition) is 2. The first-order valence-corrected chi connectivity index (χ1v) is 4.60. The summed E-state index contributed by atoms with van der Waals surface area (Å²) in [5.41, 5.74) is 1.06. The predicted molar refractivity (Wildman–Crippen MR) is 54.0 cm³/mol. The fraction of sp³-hybridized carbons (Fsp3) is 0.100. The normalized spacial score (nSPS) is 10.1. The van der Waals surface area contributed by atoms with Gasteiger partial charge in [-0.1, -0.05) is 23.7 Å². The molecule has 0 N–H and O–H groups in total. The summed E-state index contributed by atoms with van der Waals surface area (Å²) >= 11 is 5.75. The summed E-state index contributed by atoms with van der Waals surface area (Å²) in [5.74, 6) is 0. The van der Waals surface area contributed by atoms with Crippen molar-refractivity contribution in [1.82, 2.24) is 9.94 Å². The van der Waals surface area contributed by atoms with E-state index in [4.69, 9.17) is 16.4 Å². The van der Waals surface area contributed by atoms with E-state index >= 15 is 0 Å². The molecule has 0 atom stereocenters. The minimum atomic E-state index is 0.485. The van der Waals surface area contributed by atoms with E-state index in [1.807, 2.05) is 30.3 Å².